The molecule has 0 spiro atoms. The van der Waals surface area contributed by atoms with Crippen LogP contribution in [0.2, 0.25) is 5.02 Å². The van der Waals surface area contributed by atoms with Crippen LogP contribution in [-0.2, 0) is 11.8 Å². The molecule has 0 saturated carbocycles. The second-order valence-electron chi connectivity index (χ2n) is 4.88. The van der Waals surface area contributed by atoms with Crippen molar-refractivity contribution in [2.45, 2.75) is 13.3 Å². The van der Waals surface area contributed by atoms with Crippen LogP contribution in [0.4, 0.5) is 5.82 Å². The fourth-order valence-electron chi connectivity index (χ4n) is 1.94. The maximum absolute atomic E-state index is 11.9. The molecule has 0 aliphatic rings. The van der Waals surface area contributed by atoms with E-state index in [9.17, 15) is 9.59 Å². The molecule has 0 fully saturated rings. The van der Waals surface area contributed by atoms with Crippen molar-refractivity contribution in [2.24, 2.45) is 7.05 Å². The average molecular weight is 321 g/mol. The van der Waals surface area contributed by atoms with Gasteiger partial charge in [-0.25, -0.2) is 4.98 Å². The largest absolute Gasteiger partial charge is 0.350 e. The number of amides is 2. The zero-order valence-electron chi connectivity index (χ0n) is 12.4. The number of nitrogens with zero attached hydrogens (tertiary/aromatic N) is 2. The Labute approximate surface area is 133 Å². The van der Waals surface area contributed by atoms with E-state index in [4.69, 9.17) is 11.6 Å². The number of pyridine rings is 1. The van der Waals surface area contributed by atoms with E-state index in [0.717, 1.165) is 5.56 Å². The minimum absolute atomic E-state index is 0.167. The van der Waals surface area contributed by atoms with Gasteiger partial charge in [-0.05, 0) is 24.6 Å². The van der Waals surface area contributed by atoms with Crippen molar-refractivity contribution < 1.29 is 9.59 Å². The number of halogens is 1. The second-order valence-corrected chi connectivity index (χ2v) is 5.31. The third-order valence-corrected chi connectivity index (χ3v) is 3.32. The molecule has 0 saturated heterocycles. The first kappa shape index (κ1) is 16.0. The van der Waals surface area contributed by atoms with Gasteiger partial charge in [0.25, 0.3) is 5.91 Å². The first-order valence-electron chi connectivity index (χ1n) is 6.79. The lowest BCUT2D eigenvalue weighted by molar-refractivity contribution is -0.116. The lowest BCUT2D eigenvalue weighted by Crippen LogP contribution is -2.29. The molecule has 0 bridgehead atoms. The lowest BCUT2D eigenvalue weighted by Gasteiger charge is -2.08. The van der Waals surface area contributed by atoms with E-state index in [2.05, 4.69) is 15.6 Å². The highest BCUT2D eigenvalue weighted by atomic mass is 35.5. The van der Waals surface area contributed by atoms with Gasteiger partial charge in [-0.15, -0.1) is 0 Å². The Kier molecular flexibility index (Phi) is 5.16. The van der Waals surface area contributed by atoms with Gasteiger partial charge in [-0.2, -0.15) is 0 Å². The predicted molar refractivity (Wildman–Crippen MR) is 85.0 cm³/mol. The molecule has 116 valence electrons. The summed E-state index contributed by atoms with van der Waals surface area (Å²) in [7, 11) is 1.73. The second kappa shape index (κ2) is 7.09. The number of hydrogen-bond acceptors (Lipinski definition) is 3. The van der Waals surface area contributed by atoms with Crippen molar-refractivity contribution in [3.63, 3.8) is 0 Å². The van der Waals surface area contributed by atoms with Crippen molar-refractivity contribution in [3.05, 3.63) is 46.9 Å². The summed E-state index contributed by atoms with van der Waals surface area (Å²) >= 11 is 5.83. The first-order chi connectivity index (χ1) is 10.5. The van der Waals surface area contributed by atoms with Gasteiger partial charge in [0.2, 0.25) is 5.91 Å². The molecular formula is C15H17ClN4O2. The fourth-order valence-corrected chi connectivity index (χ4v) is 2.19. The van der Waals surface area contributed by atoms with Gasteiger partial charge in [-0.1, -0.05) is 17.7 Å². The normalized spacial score (nSPS) is 10.3. The number of rotatable bonds is 5. The zero-order valence-corrected chi connectivity index (χ0v) is 13.1. The number of carbonyl (C=O) groups excluding carboxylic acids is 2. The SMILES string of the molecule is Cc1cccnc1NC(=O)CCNC(=O)c1cc(Cl)cn1C. The van der Waals surface area contributed by atoms with E-state index in [1.165, 1.54) is 0 Å². The van der Waals surface area contributed by atoms with Gasteiger partial charge >= 0.3 is 0 Å². The number of nitrogens with one attached hydrogen (secondary N) is 2. The molecule has 0 radical (unpaired) electrons. The van der Waals surface area contributed by atoms with Crippen molar-refractivity contribution >= 4 is 29.2 Å². The fraction of sp³-hybridized carbons (Fsp3) is 0.267. The van der Waals surface area contributed by atoms with E-state index in [0.29, 0.717) is 16.5 Å². The van der Waals surface area contributed by atoms with Crippen LogP contribution in [0.25, 0.3) is 0 Å². The zero-order chi connectivity index (χ0) is 16.1. The van der Waals surface area contributed by atoms with E-state index in [-0.39, 0.29) is 24.8 Å². The van der Waals surface area contributed by atoms with Crippen molar-refractivity contribution in [2.75, 3.05) is 11.9 Å². The maximum Gasteiger partial charge on any atom is 0.267 e. The van der Waals surface area contributed by atoms with E-state index in [1.54, 1.807) is 36.1 Å². The van der Waals surface area contributed by atoms with Crippen LogP contribution in [0.3, 0.4) is 0 Å². The first-order valence-corrected chi connectivity index (χ1v) is 7.16. The summed E-state index contributed by atoms with van der Waals surface area (Å²) in [6, 6.07) is 5.24. The molecule has 7 heteroatoms. The minimum atomic E-state index is -0.267. The Balaban J connectivity index is 1.81. The Hall–Kier alpha value is -2.34. The van der Waals surface area contributed by atoms with Crippen LogP contribution in [0.1, 0.15) is 22.5 Å². The summed E-state index contributed by atoms with van der Waals surface area (Å²) in [6.07, 6.45) is 3.43. The van der Waals surface area contributed by atoms with Gasteiger partial charge in [0, 0.05) is 32.4 Å². The molecule has 2 heterocycles. The highest BCUT2D eigenvalue weighted by Crippen LogP contribution is 2.12. The summed E-state index contributed by atoms with van der Waals surface area (Å²) in [5, 5.41) is 5.89. The molecule has 2 amide bonds. The predicted octanol–water partition coefficient (Wildman–Crippen LogP) is 2.14. The topological polar surface area (TPSA) is 76.0 Å². The Morgan fingerprint density at radius 1 is 1.41 bits per heavy atom. The number of hydrogen-bond donors (Lipinski definition) is 2. The third-order valence-electron chi connectivity index (χ3n) is 3.11. The smallest absolute Gasteiger partial charge is 0.267 e. The maximum atomic E-state index is 11.9. The molecule has 0 aliphatic heterocycles. The van der Waals surface area contributed by atoms with Crippen LogP contribution in [0.5, 0.6) is 0 Å². The average Bonchev–Trinajstić information content (AvgIpc) is 2.80. The summed E-state index contributed by atoms with van der Waals surface area (Å²) in [4.78, 5) is 27.8. The van der Waals surface area contributed by atoms with E-state index >= 15 is 0 Å². The van der Waals surface area contributed by atoms with Gasteiger partial charge in [0.15, 0.2) is 0 Å². The standard InChI is InChI=1S/C15H17ClN4O2/c1-10-4-3-6-17-14(10)19-13(21)5-7-18-15(22)12-8-11(16)9-20(12)2/h3-4,6,8-9H,5,7H2,1-2H3,(H,18,22)(H,17,19,21). The number of carbonyl (C=O) groups is 2. The number of anilines is 1. The summed E-state index contributed by atoms with van der Waals surface area (Å²) in [5.74, 6) is 0.0660. The molecule has 22 heavy (non-hydrogen) atoms. The molecule has 0 aliphatic carbocycles. The van der Waals surface area contributed by atoms with Gasteiger partial charge in [-0.3, -0.25) is 9.59 Å². The van der Waals surface area contributed by atoms with Gasteiger partial charge < -0.3 is 15.2 Å². The lowest BCUT2D eigenvalue weighted by atomic mass is 10.3. The molecule has 0 aromatic carbocycles. The Morgan fingerprint density at radius 3 is 2.82 bits per heavy atom. The Morgan fingerprint density at radius 2 is 2.18 bits per heavy atom. The van der Waals surface area contributed by atoms with Crippen LogP contribution in [-0.4, -0.2) is 27.9 Å². The molecule has 2 aromatic heterocycles. The summed E-state index contributed by atoms with van der Waals surface area (Å²) in [5.41, 5.74) is 1.34. The molecule has 0 atom stereocenters. The number of aryl methyl sites for hydroxylation is 2. The van der Waals surface area contributed by atoms with Crippen molar-refractivity contribution in [1.29, 1.82) is 0 Å². The summed E-state index contributed by atoms with van der Waals surface area (Å²) in [6.45, 7) is 2.10. The van der Waals surface area contributed by atoms with Crippen LogP contribution in [0, 0.1) is 6.92 Å². The molecule has 2 aromatic rings. The van der Waals surface area contributed by atoms with Crippen LogP contribution in [0.15, 0.2) is 30.6 Å². The molecule has 2 N–H and O–H groups in total. The van der Waals surface area contributed by atoms with Crippen LogP contribution >= 0.6 is 11.6 Å². The van der Waals surface area contributed by atoms with Gasteiger partial charge in [0.05, 0.1) is 5.02 Å². The number of aromatic nitrogens is 2. The van der Waals surface area contributed by atoms with Gasteiger partial charge in [0.1, 0.15) is 11.5 Å². The van der Waals surface area contributed by atoms with E-state index < -0.39 is 0 Å². The molecule has 2 rings (SSSR count). The molecule has 6 nitrogen and oxygen atoms in total. The molecule has 0 unspecified atom stereocenters. The minimum Gasteiger partial charge on any atom is -0.350 e. The van der Waals surface area contributed by atoms with Crippen molar-refractivity contribution in [1.82, 2.24) is 14.9 Å². The highest BCUT2D eigenvalue weighted by molar-refractivity contribution is 6.31. The third kappa shape index (κ3) is 4.08. The van der Waals surface area contributed by atoms with E-state index in [1.807, 2.05) is 13.0 Å². The summed E-state index contributed by atoms with van der Waals surface area (Å²) < 4.78 is 1.63. The monoisotopic (exact) mass is 320 g/mol. The molecular weight excluding hydrogens is 304 g/mol. The quantitative estimate of drug-likeness (QED) is 0.886. The Bertz CT molecular complexity index is 697. The van der Waals surface area contributed by atoms with Crippen LogP contribution < -0.4 is 10.6 Å². The van der Waals surface area contributed by atoms with Crippen molar-refractivity contribution in [3.8, 4) is 0 Å². The highest BCUT2D eigenvalue weighted by Gasteiger charge is 2.11.